The van der Waals surface area contributed by atoms with E-state index in [1.165, 1.54) is 55.2 Å². The number of rotatable bonds is 4. The van der Waals surface area contributed by atoms with Crippen molar-refractivity contribution in [2.24, 2.45) is 0 Å². The van der Waals surface area contributed by atoms with Crippen molar-refractivity contribution in [2.75, 3.05) is 0 Å². The first-order valence-corrected chi connectivity index (χ1v) is 15.0. The first-order chi connectivity index (χ1) is 21.8. The summed E-state index contributed by atoms with van der Waals surface area (Å²) >= 11 is 0. The zero-order valence-corrected chi connectivity index (χ0v) is 23.9. The van der Waals surface area contributed by atoms with Crippen molar-refractivity contribution in [1.82, 2.24) is 4.57 Å². The molecule has 9 aromatic rings. The SMILES string of the molecule is c1ccc(-c2cc(-c3ccccc3)cc(-n3c4ccccc4c4cc(-c5ccc6oc7ccccc7c6c5)ccc43)c2)cc1. The van der Waals surface area contributed by atoms with E-state index < -0.39 is 0 Å². The van der Waals surface area contributed by atoms with Crippen LogP contribution in [0.15, 0.2) is 168 Å². The Morgan fingerprint density at radius 2 is 0.864 bits per heavy atom. The molecule has 0 atom stereocenters. The van der Waals surface area contributed by atoms with Crippen molar-refractivity contribution in [3.8, 4) is 39.1 Å². The van der Waals surface area contributed by atoms with E-state index >= 15 is 0 Å². The molecule has 2 heterocycles. The van der Waals surface area contributed by atoms with Gasteiger partial charge in [-0.3, -0.25) is 0 Å². The van der Waals surface area contributed by atoms with Gasteiger partial charge in [0.25, 0.3) is 0 Å². The third-order valence-electron chi connectivity index (χ3n) is 8.77. The Morgan fingerprint density at radius 1 is 0.318 bits per heavy atom. The maximum Gasteiger partial charge on any atom is 0.135 e. The minimum Gasteiger partial charge on any atom is -0.456 e. The lowest BCUT2D eigenvalue weighted by atomic mass is 9.98. The fourth-order valence-corrected chi connectivity index (χ4v) is 6.67. The maximum atomic E-state index is 6.10. The highest BCUT2D eigenvalue weighted by atomic mass is 16.3. The summed E-state index contributed by atoms with van der Waals surface area (Å²) in [5.41, 5.74) is 12.6. The van der Waals surface area contributed by atoms with E-state index in [0.29, 0.717) is 0 Å². The summed E-state index contributed by atoms with van der Waals surface area (Å²) in [4.78, 5) is 0. The van der Waals surface area contributed by atoms with E-state index in [1.807, 2.05) is 12.1 Å². The topological polar surface area (TPSA) is 18.1 Å². The molecule has 7 aromatic carbocycles. The molecule has 9 rings (SSSR count). The van der Waals surface area contributed by atoms with Crippen molar-refractivity contribution >= 4 is 43.7 Å². The Labute approximate surface area is 255 Å². The van der Waals surface area contributed by atoms with Crippen LogP contribution in [-0.2, 0) is 0 Å². The summed E-state index contributed by atoms with van der Waals surface area (Å²) in [6, 6.07) is 58.7. The van der Waals surface area contributed by atoms with Crippen molar-refractivity contribution in [3.63, 3.8) is 0 Å². The monoisotopic (exact) mass is 561 g/mol. The van der Waals surface area contributed by atoms with Gasteiger partial charge < -0.3 is 8.98 Å². The summed E-state index contributed by atoms with van der Waals surface area (Å²) < 4.78 is 8.52. The number of benzene rings is 7. The average Bonchev–Trinajstić information content (AvgIpc) is 3.64. The van der Waals surface area contributed by atoms with Crippen molar-refractivity contribution < 1.29 is 4.42 Å². The highest BCUT2D eigenvalue weighted by molar-refractivity contribution is 6.11. The Bertz CT molecular complexity index is 2420. The van der Waals surface area contributed by atoms with E-state index in [9.17, 15) is 0 Å². The Hall–Kier alpha value is -5.86. The van der Waals surface area contributed by atoms with E-state index in [2.05, 4.69) is 156 Å². The van der Waals surface area contributed by atoms with Gasteiger partial charge in [0.15, 0.2) is 0 Å². The first-order valence-electron chi connectivity index (χ1n) is 15.0. The number of nitrogens with zero attached hydrogens (tertiary/aromatic N) is 1. The lowest BCUT2D eigenvalue weighted by molar-refractivity contribution is 0.669. The van der Waals surface area contributed by atoms with Crippen LogP contribution in [0, 0.1) is 0 Å². The van der Waals surface area contributed by atoms with Gasteiger partial charge in [-0.1, -0.05) is 109 Å². The van der Waals surface area contributed by atoms with Crippen LogP contribution in [-0.4, -0.2) is 4.57 Å². The number of para-hydroxylation sites is 2. The third-order valence-corrected chi connectivity index (χ3v) is 8.77. The second-order valence-electron chi connectivity index (χ2n) is 11.4. The molecule has 0 N–H and O–H groups in total. The molecule has 0 bridgehead atoms. The number of fused-ring (bicyclic) bond motifs is 6. The van der Waals surface area contributed by atoms with E-state index in [-0.39, 0.29) is 0 Å². The predicted molar refractivity (Wildman–Crippen MR) is 184 cm³/mol. The number of hydrogen-bond donors (Lipinski definition) is 0. The van der Waals surface area contributed by atoms with Crippen molar-refractivity contribution in [1.29, 1.82) is 0 Å². The lowest BCUT2D eigenvalue weighted by Gasteiger charge is -2.14. The Kier molecular flexibility index (Phi) is 5.54. The van der Waals surface area contributed by atoms with Crippen LogP contribution in [0.2, 0.25) is 0 Å². The highest BCUT2D eigenvalue weighted by Gasteiger charge is 2.16. The van der Waals surface area contributed by atoms with Gasteiger partial charge in [-0.25, -0.2) is 0 Å². The van der Waals surface area contributed by atoms with Gasteiger partial charge in [0.05, 0.1) is 11.0 Å². The summed E-state index contributed by atoms with van der Waals surface area (Å²) in [7, 11) is 0. The van der Waals surface area contributed by atoms with Crippen LogP contribution in [0.3, 0.4) is 0 Å². The highest BCUT2D eigenvalue weighted by Crippen LogP contribution is 2.39. The molecule has 2 nitrogen and oxygen atoms in total. The van der Waals surface area contributed by atoms with Gasteiger partial charge in [-0.05, 0) is 88.0 Å². The minimum absolute atomic E-state index is 0.917. The smallest absolute Gasteiger partial charge is 0.135 e. The zero-order chi connectivity index (χ0) is 29.0. The van der Waals surface area contributed by atoms with E-state index in [0.717, 1.165) is 27.6 Å². The average molecular weight is 562 g/mol. The number of furan rings is 1. The molecule has 44 heavy (non-hydrogen) atoms. The molecule has 2 aromatic heterocycles. The molecule has 0 radical (unpaired) electrons. The van der Waals surface area contributed by atoms with Gasteiger partial charge in [-0.2, -0.15) is 0 Å². The normalized spacial score (nSPS) is 11.6. The third kappa shape index (κ3) is 3.96. The van der Waals surface area contributed by atoms with Gasteiger partial charge in [0.2, 0.25) is 0 Å². The summed E-state index contributed by atoms with van der Waals surface area (Å²) in [5, 5.41) is 4.77. The van der Waals surface area contributed by atoms with Crippen LogP contribution in [0.25, 0.3) is 82.8 Å². The molecule has 0 spiro atoms. The molecular formula is C42H27NO. The number of hydrogen-bond acceptors (Lipinski definition) is 1. The molecule has 0 saturated heterocycles. The van der Waals surface area contributed by atoms with Gasteiger partial charge >= 0.3 is 0 Å². The molecule has 0 saturated carbocycles. The molecule has 206 valence electrons. The molecule has 0 aliphatic carbocycles. The molecule has 0 unspecified atom stereocenters. The van der Waals surface area contributed by atoms with E-state index in [1.54, 1.807) is 0 Å². The maximum absolute atomic E-state index is 6.10. The predicted octanol–water partition coefficient (Wildman–Crippen LogP) is 11.7. The molecule has 2 heteroatoms. The van der Waals surface area contributed by atoms with Crippen LogP contribution >= 0.6 is 0 Å². The molecular weight excluding hydrogens is 534 g/mol. The second kappa shape index (κ2) is 9.86. The van der Waals surface area contributed by atoms with Crippen molar-refractivity contribution in [3.05, 3.63) is 164 Å². The largest absolute Gasteiger partial charge is 0.456 e. The van der Waals surface area contributed by atoms with Crippen LogP contribution < -0.4 is 0 Å². The summed E-state index contributed by atoms with van der Waals surface area (Å²) in [5.74, 6) is 0. The van der Waals surface area contributed by atoms with Crippen LogP contribution in [0.4, 0.5) is 0 Å². The fourth-order valence-electron chi connectivity index (χ4n) is 6.67. The molecule has 0 fully saturated rings. The van der Waals surface area contributed by atoms with Crippen LogP contribution in [0.5, 0.6) is 0 Å². The fraction of sp³-hybridized carbons (Fsp3) is 0. The van der Waals surface area contributed by atoms with Gasteiger partial charge in [0.1, 0.15) is 11.2 Å². The molecule has 0 aliphatic rings. The summed E-state index contributed by atoms with van der Waals surface area (Å²) in [6.45, 7) is 0. The Morgan fingerprint density at radius 3 is 1.59 bits per heavy atom. The second-order valence-corrected chi connectivity index (χ2v) is 11.4. The minimum atomic E-state index is 0.917. The first kappa shape index (κ1) is 24.7. The van der Waals surface area contributed by atoms with Gasteiger partial charge in [-0.15, -0.1) is 0 Å². The van der Waals surface area contributed by atoms with E-state index in [4.69, 9.17) is 4.42 Å². The number of aromatic nitrogens is 1. The van der Waals surface area contributed by atoms with Crippen molar-refractivity contribution in [2.45, 2.75) is 0 Å². The Balaban J connectivity index is 1.27. The zero-order valence-electron chi connectivity index (χ0n) is 23.9. The van der Waals surface area contributed by atoms with Crippen LogP contribution in [0.1, 0.15) is 0 Å². The quantitative estimate of drug-likeness (QED) is 0.209. The standard InChI is InChI=1S/C42H27NO/c1-3-11-28(12-4-1)32-23-33(29-13-5-2-6-14-29)25-34(24-32)43-39-17-9-7-15-35(39)37-26-30(19-21-40(37)43)31-20-22-42-38(27-31)36-16-8-10-18-41(36)44-42/h1-27H. The van der Waals surface area contributed by atoms with Gasteiger partial charge in [0, 0.05) is 27.2 Å². The molecule has 0 aliphatic heterocycles. The summed E-state index contributed by atoms with van der Waals surface area (Å²) in [6.07, 6.45) is 0. The molecule has 0 amide bonds. The lowest BCUT2D eigenvalue weighted by Crippen LogP contribution is -1.96.